The summed E-state index contributed by atoms with van der Waals surface area (Å²) in [4.78, 5) is 11.1. The van der Waals surface area contributed by atoms with E-state index in [1.165, 1.54) is 0 Å². The van der Waals surface area contributed by atoms with Crippen molar-refractivity contribution in [3.05, 3.63) is 11.4 Å². The van der Waals surface area contributed by atoms with Crippen LogP contribution in [-0.2, 0) is 16.7 Å². The molecule has 1 aromatic heterocycles. The fourth-order valence-electron chi connectivity index (χ4n) is 1.71. The number of carbonyl (C=O) groups is 1. The molecule has 0 unspecified atom stereocenters. The average molecular weight is 241 g/mol. The Morgan fingerprint density at radius 1 is 1.47 bits per heavy atom. The molecule has 0 aliphatic heterocycles. The van der Waals surface area contributed by atoms with Crippen LogP contribution in [0, 0.1) is 0 Å². The van der Waals surface area contributed by atoms with E-state index in [1.54, 1.807) is 11.8 Å². The maximum atomic E-state index is 11.1. The van der Waals surface area contributed by atoms with Gasteiger partial charge in [0.25, 0.3) is 0 Å². The van der Waals surface area contributed by atoms with Gasteiger partial charge in [0.05, 0.1) is 5.69 Å². The molecule has 1 N–H and O–H groups in total. The Kier molecular flexibility index (Phi) is 4.22. The van der Waals surface area contributed by atoms with E-state index in [0.717, 1.165) is 6.42 Å². The van der Waals surface area contributed by atoms with E-state index < -0.39 is 5.97 Å². The highest BCUT2D eigenvalue weighted by Gasteiger charge is 2.28. The molecule has 17 heavy (non-hydrogen) atoms. The number of carboxylic acids is 1. The van der Waals surface area contributed by atoms with Crippen LogP contribution in [0.3, 0.4) is 0 Å². The number of hydrogen-bond acceptors (Lipinski definition) is 4. The fourth-order valence-corrected chi connectivity index (χ4v) is 1.71. The van der Waals surface area contributed by atoms with Crippen LogP contribution < -0.4 is 0 Å². The van der Waals surface area contributed by atoms with Crippen molar-refractivity contribution in [3.63, 3.8) is 0 Å². The Morgan fingerprint density at radius 2 is 2.12 bits per heavy atom. The molecule has 0 saturated carbocycles. The largest absolute Gasteiger partial charge is 0.476 e. The van der Waals surface area contributed by atoms with E-state index in [4.69, 9.17) is 9.84 Å². The number of methoxy groups -OCH3 is 1. The molecule has 1 rings (SSSR count). The van der Waals surface area contributed by atoms with Crippen molar-refractivity contribution in [2.45, 2.75) is 39.2 Å². The number of carboxylic acid groups (broad SMARTS) is 1. The smallest absolute Gasteiger partial charge is 0.358 e. The lowest BCUT2D eigenvalue weighted by Crippen LogP contribution is -2.22. The first-order chi connectivity index (χ1) is 7.88. The number of nitrogens with zero attached hydrogens (tertiary/aromatic N) is 3. The van der Waals surface area contributed by atoms with Gasteiger partial charge in [-0.25, -0.2) is 9.48 Å². The van der Waals surface area contributed by atoms with Crippen molar-refractivity contribution in [3.8, 4) is 0 Å². The second-order valence-electron chi connectivity index (χ2n) is 4.91. The lowest BCUT2D eigenvalue weighted by molar-refractivity contribution is 0.0687. The van der Waals surface area contributed by atoms with Crippen LogP contribution in [0.2, 0.25) is 0 Å². The molecule has 0 aliphatic rings. The summed E-state index contributed by atoms with van der Waals surface area (Å²) in [5.74, 6) is -1.03. The highest BCUT2D eigenvalue weighted by Crippen LogP contribution is 2.24. The van der Waals surface area contributed by atoms with Gasteiger partial charge in [-0.15, -0.1) is 5.10 Å². The van der Waals surface area contributed by atoms with Crippen LogP contribution in [0.15, 0.2) is 0 Å². The second kappa shape index (κ2) is 5.27. The van der Waals surface area contributed by atoms with Gasteiger partial charge in [0.15, 0.2) is 5.69 Å². The molecule has 96 valence electrons. The van der Waals surface area contributed by atoms with Gasteiger partial charge < -0.3 is 9.84 Å². The zero-order chi connectivity index (χ0) is 13.1. The number of aromatic nitrogens is 3. The Morgan fingerprint density at radius 3 is 2.59 bits per heavy atom. The molecule has 1 aromatic rings. The zero-order valence-corrected chi connectivity index (χ0v) is 10.7. The van der Waals surface area contributed by atoms with Gasteiger partial charge in [-0.2, -0.15) is 0 Å². The summed E-state index contributed by atoms with van der Waals surface area (Å²) in [7, 11) is 1.63. The minimum atomic E-state index is -1.03. The standard InChI is InChI=1S/C11H19N3O3/c1-11(2,3)9-8(10(15)16)12-13-14(9)6-5-7-17-4/h5-7H2,1-4H3,(H,15,16). The van der Waals surface area contributed by atoms with Gasteiger partial charge in [0.2, 0.25) is 0 Å². The van der Waals surface area contributed by atoms with Crippen molar-refractivity contribution >= 4 is 5.97 Å². The normalized spacial score (nSPS) is 11.8. The van der Waals surface area contributed by atoms with Crippen molar-refractivity contribution in [2.75, 3.05) is 13.7 Å². The topological polar surface area (TPSA) is 77.2 Å². The third-order valence-electron chi connectivity index (χ3n) is 2.37. The van der Waals surface area contributed by atoms with Gasteiger partial charge in [-0.05, 0) is 6.42 Å². The average Bonchev–Trinajstić information content (AvgIpc) is 2.61. The van der Waals surface area contributed by atoms with Crippen LogP contribution in [0.1, 0.15) is 43.4 Å². The van der Waals surface area contributed by atoms with Gasteiger partial charge in [0, 0.05) is 25.7 Å². The molecule has 1 heterocycles. The quantitative estimate of drug-likeness (QED) is 0.786. The summed E-state index contributed by atoms with van der Waals surface area (Å²) in [6.07, 6.45) is 0.780. The molecular weight excluding hydrogens is 222 g/mol. The van der Waals surface area contributed by atoms with Crippen molar-refractivity contribution in [1.82, 2.24) is 15.0 Å². The Bertz CT molecular complexity index is 393. The molecule has 0 amide bonds. The molecule has 0 aromatic carbocycles. The molecule has 0 atom stereocenters. The number of aryl methyl sites for hydroxylation is 1. The maximum absolute atomic E-state index is 11.1. The molecule has 6 nitrogen and oxygen atoms in total. The van der Waals surface area contributed by atoms with Gasteiger partial charge in [-0.3, -0.25) is 0 Å². The summed E-state index contributed by atoms with van der Waals surface area (Å²) in [6.45, 7) is 7.08. The van der Waals surface area contributed by atoms with Crippen molar-refractivity contribution in [2.24, 2.45) is 0 Å². The number of aromatic carboxylic acids is 1. The van der Waals surface area contributed by atoms with Crippen LogP contribution >= 0.6 is 0 Å². The molecular formula is C11H19N3O3. The SMILES string of the molecule is COCCCn1nnc(C(=O)O)c1C(C)(C)C. The first kappa shape index (κ1) is 13.6. The van der Waals surface area contributed by atoms with Crippen LogP contribution in [0.5, 0.6) is 0 Å². The second-order valence-corrected chi connectivity index (χ2v) is 4.91. The van der Waals surface area contributed by atoms with E-state index in [1.807, 2.05) is 20.8 Å². The summed E-state index contributed by atoms with van der Waals surface area (Å²) in [5, 5.41) is 16.7. The fraction of sp³-hybridized carbons (Fsp3) is 0.727. The predicted molar refractivity (Wildman–Crippen MR) is 62.2 cm³/mol. The number of ether oxygens (including phenoxy) is 1. The Hall–Kier alpha value is -1.43. The number of rotatable bonds is 5. The molecule has 0 fully saturated rings. The molecule has 0 spiro atoms. The maximum Gasteiger partial charge on any atom is 0.358 e. The van der Waals surface area contributed by atoms with Crippen LogP contribution in [0.25, 0.3) is 0 Å². The first-order valence-corrected chi connectivity index (χ1v) is 5.54. The van der Waals surface area contributed by atoms with Crippen molar-refractivity contribution in [1.29, 1.82) is 0 Å². The Labute approximate surface area is 101 Å². The molecule has 0 aliphatic carbocycles. The molecule has 0 bridgehead atoms. The van der Waals surface area contributed by atoms with E-state index in [9.17, 15) is 4.79 Å². The van der Waals surface area contributed by atoms with E-state index in [-0.39, 0.29) is 11.1 Å². The highest BCUT2D eigenvalue weighted by molar-refractivity contribution is 5.86. The van der Waals surface area contributed by atoms with Gasteiger partial charge >= 0.3 is 5.97 Å². The van der Waals surface area contributed by atoms with Crippen molar-refractivity contribution < 1.29 is 14.6 Å². The molecule has 0 saturated heterocycles. The highest BCUT2D eigenvalue weighted by atomic mass is 16.5. The minimum absolute atomic E-state index is 0.0370. The van der Waals surface area contributed by atoms with Crippen LogP contribution in [0.4, 0.5) is 0 Å². The molecule has 6 heteroatoms. The lowest BCUT2D eigenvalue weighted by Gasteiger charge is -2.20. The lowest BCUT2D eigenvalue weighted by atomic mass is 9.90. The Balaban J connectivity index is 3.01. The van der Waals surface area contributed by atoms with E-state index in [0.29, 0.717) is 18.8 Å². The summed E-state index contributed by atoms with van der Waals surface area (Å²) < 4.78 is 6.62. The van der Waals surface area contributed by atoms with E-state index >= 15 is 0 Å². The summed E-state index contributed by atoms with van der Waals surface area (Å²) in [6, 6.07) is 0. The third kappa shape index (κ3) is 3.26. The molecule has 0 radical (unpaired) electrons. The summed E-state index contributed by atoms with van der Waals surface area (Å²) in [5.41, 5.74) is 0.389. The third-order valence-corrected chi connectivity index (χ3v) is 2.37. The minimum Gasteiger partial charge on any atom is -0.476 e. The first-order valence-electron chi connectivity index (χ1n) is 5.54. The summed E-state index contributed by atoms with van der Waals surface area (Å²) >= 11 is 0. The monoisotopic (exact) mass is 241 g/mol. The van der Waals surface area contributed by atoms with Gasteiger partial charge in [0.1, 0.15) is 0 Å². The predicted octanol–water partition coefficient (Wildman–Crippen LogP) is 1.31. The van der Waals surface area contributed by atoms with Gasteiger partial charge in [-0.1, -0.05) is 26.0 Å². The van der Waals surface area contributed by atoms with Crippen LogP contribution in [-0.4, -0.2) is 39.8 Å². The zero-order valence-electron chi connectivity index (χ0n) is 10.7. The van der Waals surface area contributed by atoms with E-state index in [2.05, 4.69) is 10.3 Å². The number of hydrogen-bond donors (Lipinski definition) is 1.